The number of fused-ring (bicyclic) bond motifs is 1. The van der Waals surface area contributed by atoms with E-state index in [1.54, 1.807) is 60.8 Å². The van der Waals surface area contributed by atoms with Crippen LogP contribution in [0.1, 0.15) is 23.1 Å². The van der Waals surface area contributed by atoms with E-state index >= 15 is 0 Å². The Kier molecular flexibility index (Phi) is 11.0. The molecule has 0 aliphatic carbocycles. The van der Waals surface area contributed by atoms with Crippen LogP contribution in [0.4, 0.5) is 0 Å². The molecule has 4 rings (SSSR count). The van der Waals surface area contributed by atoms with Crippen molar-refractivity contribution in [1.82, 2.24) is 20.9 Å². The molecule has 1 heterocycles. The van der Waals surface area contributed by atoms with Gasteiger partial charge in [0.05, 0.1) is 12.5 Å². The highest BCUT2D eigenvalue weighted by atomic mass is 16.4. The maximum atomic E-state index is 13.6. The van der Waals surface area contributed by atoms with Crippen molar-refractivity contribution >= 4 is 40.6 Å². The van der Waals surface area contributed by atoms with E-state index in [1.807, 2.05) is 30.3 Å². The van der Waals surface area contributed by atoms with Gasteiger partial charge in [0, 0.05) is 29.9 Å². The second-order valence-electron chi connectivity index (χ2n) is 10.7. The number of nitrogens with two attached hydrogens (primary N) is 1. The molecule has 12 heteroatoms. The number of benzene rings is 3. The molecular weight excluding hydrogens is 578 g/mol. The summed E-state index contributed by atoms with van der Waals surface area (Å²) in [6.45, 7) is 0. The first-order valence-corrected chi connectivity index (χ1v) is 14.3. The molecule has 1 aromatic heterocycles. The van der Waals surface area contributed by atoms with Crippen molar-refractivity contribution in [2.45, 2.75) is 49.9 Å². The number of H-pyrrole nitrogens is 1. The molecule has 3 amide bonds. The Morgan fingerprint density at radius 1 is 0.644 bits per heavy atom. The van der Waals surface area contributed by atoms with Crippen LogP contribution in [0, 0.1) is 0 Å². The van der Waals surface area contributed by atoms with Crippen molar-refractivity contribution in [3.63, 3.8) is 0 Å². The highest BCUT2D eigenvalue weighted by Gasteiger charge is 2.32. The molecule has 0 bridgehead atoms. The largest absolute Gasteiger partial charge is 0.481 e. The second-order valence-corrected chi connectivity index (χ2v) is 10.7. The molecule has 4 atom stereocenters. The standard InChI is InChI=1S/C33H35N5O7/c34-24(15-20-9-3-1-4-10-20)30(41)36-27(18-29(39)40)32(43)37-26(17-22-19-35-25-14-8-7-13-23(22)25)31(42)38-28(33(44)45)16-21-11-5-2-6-12-21/h1-14,19,24,26-28,35H,15-18,34H2,(H,36,41)(H,37,43)(H,38,42)(H,39,40)(H,44,45). The maximum Gasteiger partial charge on any atom is 0.326 e. The van der Waals surface area contributed by atoms with Crippen LogP contribution < -0.4 is 21.7 Å². The van der Waals surface area contributed by atoms with E-state index in [2.05, 4.69) is 20.9 Å². The molecule has 3 aromatic carbocycles. The highest BCUT2D eigenvalue weighted by molar-refractivity contribution is 5.96. The van der Waals surface area contributed by atoms with Gasteiger partial charge < -0.3 is 36.9 Å². The molecule has 4 aromatic rings. The van der Waals surface area contributed by atoms with E-state index in [0.29, 0.717) is 11.1 Å². The van der Waals surface area contributed by atoms with Gasteiger partial charge in [0.2, 0.25) is 17.7 Å². The van der Waals surface area contributed by atoms with E-state index in [9.17, 15) is 34.2 Å². The zero-order valence-electron chi connectivity index (χ0n) is 24.3. The summed E-state index contributed by atoms with van der Waals surface area (Å²) in [7, 11) is 0. The summed E-state index contributed by atoms with van der Waals surface area (Å²) in [5.41, 5.74) is 8.95. The van der Waals surface area contributed by atoms with Crippen LogP contribution in [0.5, 0.6) is 0 Å². The number of aromatic nitrogens is 1. The Balaban J connectivity index is 1.54. The monoisotopic (exact) mass is 613 g/mol. The van der Waals surface area contributed by atoms with Crippen molar-refractivity contribution in [1.29, 1.82) is 0 Å². The van der Waals surface area contributed by atoms with E-state index < -0.39 is 60.2 Å². The van der Waals surface area contributed by atoms with Crippen LogP contribution in [-0.2, 0) is 43.2 Å². The van der Waals surface area contributed by atoms with Crippen molar-refractivity contribution in [2.75, 3.05) is 0 Å². The Labute approximate surface area is 259 Å². The lowest BCUT2D eigenvalue weighted by Crippen LogP contribution is -2.58. The van der Waals surface area contributed by atoms with Crippen molar-refractivity contribution in [3.05, 3.63) is 108 Å². The van der Waals surface area contributed by atoms with Crippen LogP contribution in [-0.4, -0.2) is 69.0 Å². The van der Waals surface area contributed by atoms with Crippen LogP contribution in [0.25, 0.3) is 10.9 Å². The third-order valence-corrected chi connectivity index (χ3v) is 7.28. The molecule has 8 N–H and O–H groups in total. The number of para-hydroxylation sites is 1. The Bertz CT molecular complexity index is 1640. The molecule has 45 heavy (non-hydrogen) atoms. The topological polar surface area (TPSA) is 204 Å². The summed E-state index contributed by atoms with van der Waals surface area (Å²) in [5.74, 6) is -5.11. The van der Waals surface area contributed by atoms with Gasteiger partial charge in [-0.1, -0.05) is 78.9 Å². The summed E-state index contributed by atoms with van der Waals surface area (Å²) < 4.78 is 0. The molecule has 12 nitrogen and oxygen atoms in total. The van der Waals surface area contributed by atoms with Crippen molar-refractivity contribution in [3.8, 4) is 0 Å². The number of carboxylic acids is 2. The molecule has 234 valence electrons. The lowest BCUT2D eigenvalue weighted by Gasteiger charge is -2.25. The molecule has 0 aliphatic heterocycles. The third-order valence-electron chi connectivity index (χ3n) is 7.28. The van der Waals surface area contributed by atoms with Gasteiger partial charge in [-0.15, -0.1) is 0 Å². The summed E-state index contributed by atoms with van der Waals surface area (Å²) in [4.78, 5) is 66.8. The fourth-order valence-electron chi connectivity index (χ4n) is 4.95. The summed E-state index contributed by atoms with van der Waals surface area (Å²) in [5, 5.41) is 27.6. The fraction of sp³-hybridized carbons (Fsp3) is 0.242. The Morgan fingerprint density at radius 2 is 1.18 bits per heavy atom. The average molecular weight is 614 g/mol. The smallest absolute Gasteiger partial charge is 0.326 e. The normalized spacial score (nSPS) is 13.6. The lowest BCUT2D eigenvalue weighted by atomic mass is 10.0. The minimum atomic E-state index is -1.56. The fourth-order valence-corrected chi connectivity index (χ4v) is 4.95. The first kappa shape index (κ1) is 32.4. The molecule has 0 spiro atoms. The van der Waals surface area contributed by atoms with Gasteiger partial charge >= 0.3 is 11.9 Å². The SMILES string of the molecule is NC(Cc1ccccc1)C(=O)NC(CC(=O)O)C(=O)NC(Cc1c[nH]c2ccccc12)C(=O)NC(Cc1ccccc1)C(=O)O. The van der Waals surface area contributed by atoms with Gasteiger partial charge in [0.25, 0.3) is 0 Å². The van der Waals surface area contributed by atoms with Crippen LogP contribution in [0.3, 0.4) is 0 Å². The molecule has 0 radical (unpaired) electrons. The number of carboxylic acid groups (broad SMARTS) is 2. The summed E-state index contributed by atoms with van der Waals surface area (Å²) >= 11 is 0. The maximum absolute atomic E-state index is 13.6. The van der Waals surface area contributed by atoms with Gasteiger partial charge in [-0.2, -0.15) is 0 Å². The van der Waals surface area contributed by atoms with E-state index in [-0.39, 0.29) is 19.3 Å². The van der Waals surface area contributed by atoms with Crippen LogP contribution in [0.2, 0.25) is 0 Å². The number of nitrogens with one attached hydrogen (secondary N) is 4. The number of rotatable bonds is 15. The van der Waals surface area contributed by atoms with E-state index in [4.69, 9.17) is 5.73 Å². The molecule has 4 unspecified atom stereocenters. The number of carbonyl (C=O) groups excluding carboxylic acids is 3. The summed E-state index contributed by atoms with van der Waals surface area (Å²) in [6.07, 6.45) is 0.989. The van der Waals surface area contributed by atoms with Gasteiger partial charge in [-0.25, -0.2) is 4.79 Å². The number of amides is 3. The molecule has 0 fully saturated rings. The summed E-state index contributed by atoms with van der Waals surface area (Å²) in [6, 6.07) is 19.7. The average Bonchev–Trinajstić information content (AvgIpc) is 3.43. The predicted octanol–water partition coefficient (Wildman–Crippen LogP) is 1.54. The first-order chi connectivity index (χ1) is 21.6. The lowest BCUT2D eigenvalue weighted by molar-refractivity contribution is -0.143. The zero-order valence-corrected chi connectivity index (χ0v) is 24.3. The number of hydrogen-bond donors (Lipinski definition) is 7. The van der Waals surface area contributed by atoms with E-state index in [1.165, 1.54) is 0 Å². The van der Waals surface area contributed by atoms with Crippen LogP contribution in [0.15, 0.2) is 91.1 Å². The van der Waals surface area contributed by atoms with Gasteiger partial charge in [0.1, 0.15) is 18.1 Å². The zero-order chi connectivity index (χ0) is 32.3. The molecule has 0 saturated carbocycles. The third kappa shape index (κ3) is 9.25. The number of carbonyl (C=O) groups is 5. The second kappa shape index (κ2) is 15.3. The number of hydrogen-bond acceptors (Lipinski definition) is 6. The molecular formula is C33H35N5O7. The van der Waals surface area contributed by atoms with Crippen molar-refractivity contribution < 1.29 is 34.2 Å². The van der Waals surface area contributed by atoms with Gasteiger partial charge in [0.15, 0.2) is 0 Å². The Morgan fingerprint density at radius 3 is 1.80 bits per heavy atom. The molecule has 0 aliphatic rings. The number of aromatic amines is 1. The Hall–Kier alpha value is -5.49. The quantitative estimate of drug-likeness (QED) is 0.105. The highest BCUT2D eigenvalue weighted by Crippen LogP contribution is 2.19. The minimum Gasteiger partial charge on any atom is -0.481 e. The molecule has 0 saturated heterocycles. The van der Waals surface area contributed by atoms with Gasteiger partial charge in [-0.3, -0.25) is 19.2 Å². The number of aliphatic carboxylic acids is 2. The minimum absolute atomic E-state index is 0.00728. The van der Waals surface area contributed by atoms with Gasteiger partial charge in [-0.05, 0) is 29.2 Å². The predicted molar refractivity (Wildman–Crippen MR) is 166 cm³/mol. The van der Waals surface area contributed by atoms with Crippen molar-refractivity contribution in [2.24, 2.45) is 5.73 Å². The van der Waals surface area contributed by atoms with Crippen LogP contribution >= 0.6 is 0 Å². The first-order valence-electron chi connectivity index (χ1n) is 14.3. The van der Waals surface area contributed by atoms with E-state index in [0.717, 1.165) is 16.5 Å².